The van der Waals surface area contributed by atoms with Gasteiger partial charge in [0.1, 0.15) is 12.1 Å². The van der Waals surface area contributed by atoms with Crippen molar-refractivity contribution in [2.24, 2.45) is 11.5 Å². The number of carbonyl (C=O) groups is 5. The van der Waals surface area contributed by atoms with Crippen molar-refractivity contribution in [1.82, 2.24) is 25.5 Å². The number of nitrogens with one attached hydrogen (secondary N) is 3. The van der Waals surface area contributed by atoms with Crippen LogP contribution in [0.5, 0.6) is 0 Å². The van der Waals surface area contributed by atoms with Crippen LogP contribution < -0.4 is 22.1 Å². The number of carbonyl (C=O) groups excluding carboxylic acids is 4. The number of hydrogen-bond acceptors (Lipinski definition) is 7. The molecule has 2 rings (SSSR count). The Morgan fingerprint density at radius 2 is 2.06 bits per heavy atom. The van der Waals surface area contributed by atoms with Crippen molar-refractivity contribution in [2.75, 3.05) is 13.1 Å². The Hall–Kier alpha value is -3.48. The lowest BCUT2D eigenvalue weighted by molar-refractivity contribution is -0.142. The molecule has 1 aromatic heterocycles. The molecule has 170 valence electrons. The van der Waals surface area contributed by atoms with Crippen molar-refractivity contribution in [3.05, 3.63) is 18.2 Å². The molecule has 31 heavy (non-hydrogen) atoms. The molecule has 1 saturated heterocycles. The van der Waals surface area contributed by atoms with Gasteiger partial charge in [0, 0.05) is 31.3 Å². The third kappa shape index (κ3) is 7.06. The minimum atomic E-state index is -1.23. The minimum absolute atomic E-state index is 0.00309. The molecule has 13 heteroatoms. The largest absolute Gasteiger partial charge is 0.480 e. The molecule has 13 nitrogen and oxygen atoms in total. The van der Waals surface area contributed by atoms with Gasteiger partial charge in [0.2, 0.25) is 23.6 Å². The maximum atomic E-state index is 12.5. The summed E-state index contributed by atoms with van der Waals surface area (Å²) in [6.07, 6.45) is 3.87. The van der Waals surface area contributed by atoms with Crippen LogP contribution in [0.2, 0.25) is 0 Å². The first kappa shape index (κ1) is 23.8. The smallest absolute Gasteiger partial charge is 0.326 e. The second kappa shape index (κ2) is 11.1. The standard InChI is InChI=1S/C18H27N7O6/c19-11(3-4-14(20)26)17(29)25-5-1-2-13(25)16(28)22-8-15(27)24-12(18(30)31)6-10-7-21-9-23-10/h7,9,11-13H,1-6,8,19H2,(H2,20,26)(H,21,23)(H,22,28)(H,24,27)(H,30,31). The normalized spacial score (nSPS) is 17.6. The fourth-order valence-electron chi connectivity index (χ4n) is 3.28. The Labute approximate surface area is 177 Å². The zero-order valence-electron chi connectivity index (χ0n) is 16.9. The van der Waals surface area contributed by atoms with Gasteiger partial charge in [-0.2, -0.15) is 0 Å². The Bertz CT molecular complexity index is 812. The quantitative estimate of drug-likeness (QED) is 0.212. The van der Waals surface area contributed by atoms with Gasteiger partial charge >= 0.3 is 5.97 Å². The molecule has 1 aliphatic rings. The average molecular weight is 437 g/mol. The molecule has 0 saturated carbocycles. The molecular weight excluding hydrogens is 410 g/mol. The van der Waals surface area contributed by atoms with Crippen LogP contribution in [0.4, 0.5) is 0 Å². The Balaban J connectivity index is 1.85. The molecule has 8 N–H and O–H groups in total. The van der Waals surface area contributed by atoms with Gasteiger partial charge in [-0.05, 0) is 19.3 Å². The van der Waals surface area contributed by atoms with Crippen molar-refractivity contribution < 1.29 is 29.1 Å². The number of H-pyrrole nitrogens is 1. The maximum Gasteiger partial charge on any atom is 0.326 e. The predicted molar refractivity (Wildman–Crippen MR) is 106 cm³/mol. The van der Waals surface area contributed by atoms with E-state index in [2.05, 4.69) is 20.6 Å². The van der Waals surface area contributed by atoms with Crippen LogP contribution >= 0.6 is 0 Å². The first-order valence-corrected chi connectivity index (χ1v) is 9.80. The Morgan fingerprint density at radius 3 is 2.68 bits per heavy atom. The number of rotatable bonds is 11. The lowest BCUT2D eigenvalue weighted by Crippen LogP contribution is -2.53. The predicted octanol–water partition coefficient (Wildman–Crippen LogP) is -2.78. The molecule has 1 fully saturated rings. The first-order chi connectivity index (χ1) is 14.7. The number of carboxylic acid groups (broad SMARTS) is 1. The van der Waals surface area contributed by atoms with E-state index in [1.165, 1.54) is 17.4 Å². The second-order valence-corrected chi connectivity index (χ2v) is 7.26. The van der Waals surface area contributed by atoms with E-state index < -0.39 is 54.3 Å². The van der Waals surface area contributed by atoms with Gasteiger partial charge in [0.05, 0.1) is 18.9 Å². The van der Waals surface area contributed by atoms with E-state index in [1.807, 2.05) is 0 Å². The van der Waals surface area contributed by atoms with E-state index in [9.17, 15) is 29.1 Å². The van der Waals surface area contributed by atoms with Gasteiger partial charge < -0.3 is 37.1 Å². The number of aromatic amines is 1. The Morgan fingerprint density at radius 1 is 1.32 bits per heavy atom. The molecule has 3 unspecified atom stereocenters. The number of nitrogens with zero attached hydrogens (tertiary/aromatic N) is 2. The molecule has 0 bridgehead atoms. The van der Waals surface area contributed by atoms with E-state index in [-0.39, 0.29) is 19.3 Å². The topological polar surface area (TPSA) is 214 Å². The minimum Gasteiger partial charge on any atom is -0.480 e. The summed E-state index contributed by atoms with van der Waals surface area (Å²) in [5.74, 6) is -3.49. The van der Waals surface area contributed by atoms with Gasteiger partial charge in [-0.3, -0.25) is 19.2 Å². The van der Waals surface area contributed by atoms with Crippen molar-refractivity contribution in [2.45, 2.75) is 50.2 Å². The third-order valence-corrected chi connectivity index (χ3v) is 4.89. The van der Waals surface area contributed by atoms with Crippen LogP contribution in [0.25, 0.3) is 0 Å². The number of amides is 4. The number of imidazole rings is 1. The molecule has 0 aromatic carbocycles. The number of likely N-dealkylation sites (tertiary alicyclic amines) is 1. The maximum absolute atomic E-state index is 12.5. The molecule has 1 aliphatic heterocycles. The Kier molecular flexibility index (Phi) is 8.49. The van der Waals surface area contributed by atoms with Crippen LogP contribution in [-0.2, 0) is 30.4 Å². The van der Waals surface area contributed by atoms with Crippen LogP contribution in [-0.4, -0.2) is 80.8 Å². The lowest BCUT2D eigenvalue weighted by Gasteiger charge is -2.26. The number of nitrogens with two attached hydrogens (primary N) is 2. The second-order valence-electron chi connectivity index (χ2n) is 7.26. The SMILES string of the molecule is NC(=O)CCC(N)C(=O)N1CCCC1C(=O)NCC(=O)NC(Cc1cnc[nH]1)C(=O)O. The third-order valence-electron chi connectivity index (χ3n) is 4.89. The molecule has 0 spiro atoms. The molecular formula is C18H27N7O6. The first-order valence-electron chi connectivity index (χ1n) is 9.80. The summed E-state index contributed by atoms with van der Waals surface area (Å²) in [7, 11) is 0. The monoisotopic (exact) mass is 437 g/mol. The molecule has 0 radical (unpaired) electrons. The van der Waals surface area contributed by atoms with E-state index >= 15 is 0 Å². The molecule has 1 aromatic rings. The van der Waals surface area contributed by atoms with Gasteiger partial charge in [-0.25, -0.2) is 9.78 Å². The summed E-state index contributed by atoms with van der Waals surface area (Å²) in [4.78, 5) is 67.2. The number of primary amides is 1. The number of aromatic nitrogens is 2. The van der Waals surface area contributed by atoms with E-state index in [4.69, 9.17) is 11.5 Å². The molecule has 3 atom stereocenters. The van der Waals surface area contributed by atoms with Crippen molar-refractivity contribution in [1.29, 1.82) is 0 Å². The lowest BCUT2D eigenvalue weighted by atomic mass is 10.1. The summed E-state index contributed by atoms with van der Waals surface area (Å²) in [5.41, 5.74) is 11.4. The summed E-state index contributed by atoms with van der Waals surface area (Å²) in [5, 5.41) is 14.0. The number of carboxylic acids is 1. The fourth-order valence-corrected chi connectivity index (χ4v) is 3.28. The van der Waals surface area contributed by atoms with Crippen LogP contribution in [0.15, 0.2) is 12.5 Å². The number of hydrogen-bond donors (Lipinski definition) is 6. The highest BCUT2D eigenvalue weighted by Gasteiger charge is 2.36. The van der Waals surface area contributed by atoms with E-state index in [0.717, 1.165) is 0 Å². The molecule has 0 aliphatic carbocycles. The highest BCUT2D eigenvalue weighted by atomic mass is 16.4. The van der Waals surface area contributed by atoms with Crippen LogP contribution in [0.1, 0.15) is 31.4 Å². The highest BCUT2D eigenvalue weighted by molar-refractivity contribution is 5.93. The van der Waals surface area contributed by atoms with Gasteiger partial charge in [-0.1, -0.05) is 0 Å². The van der Waals surface area contributed by atoms with Gasteiger partial charge in [0.25, 0.3) is 0 Å². The fraction of sp³-hybridized carbons (Fsp3) is 0.556. The zero-order valence-corrected chi connectivity index (χ0v) is 16.9. The van der Waals surface area contributed by atoms with Gasteiger partial charge in [0.15, 0.2) is 0 Å². The van der Waals surface area contributed by atoms with Crippen molar-refractivity contribution >= 4 is 29.6 Å². The average Bonchev–Trinajstić information content (AvgIpc) is 3.40. The van der Waals surface area contributed by atoms with E-state index in [0.29, 0.717) is 25.1 Å². The molecule has 4 amide bonds. The summed E-state index contributed by atoms with van der Waals surface area (Å²) >= 11 is 0. The summed E-state index contributed by atoms with van der Waals surface area (Å²) in [6.45, 7) is -0.115. The van der Waals surface area contributed by atoms with Crippen LogP contribution in [0, 0.1) is 0 Å². The van der Waals surface area contributed by atoms with E-state index in [1.54, 1.807) is 0 Å². The highest BCUT2D eigenvalue weighted by Crippen LogP contribution is 2.19. The zero-order chi connectivity index (χ0) is 23.0. The summed E-state index contributed by atoms with van der Waals surface area (Å²) in [6, 6.07) is -2.94. The van der Waals surface area contributed by atoms with Gasteiger partial charge in [-0.15, -0.1) is 0 Å². The number of aliphatic carboxylic acids is 1. The van der Waals surface area contributed by atoms with Crippen molar-refractivity contribution in [3.63, 3.8) is 0 Å². The van der Waals surface area contributed by atoms with Crippen molar-refractivity contribution in [3.8, 4) is 0 Å². The molecule has 2 heterocycles. The van der Waals surface area contributed by atoms with Crippen LogP contribution in [0.3, 0.4) is 0 Å². The summed E-state index contributed by atoms with van der Waals surface area (Å²) < 4.78 is 0.